The first-order chi connectivity index (χ1) is 15.5. The van der Waals surface area contributed by atoms with E-state index in [1.165, 1.54) is 19.2 Å². The Morgan fingerprint density at radius 1 is 0.938 bits per heavy atom. The summed E-state index contributed by atoms with van der Waals surface area (Å²) in [5.74, 6) is 0.0527. The van der Waals surface area contributed by atoms with Gasteiger partial charge in [0.1, 0.15) is 16.9 Å². The van der Waals surface area contributed by atoms with Gasteiger partial charge in [-0.25, -0.2) is 0 Å². The molecule has 0 saturated heterocycles. The summed E-state index contributed by atoms with van der Waals surface area (Å²) in [6, 6.07) is 23.2. The molecule has 162 valence electrons. The van der Waals surface area contributed by atoms with Crippen LogP contribution < -0.4 is 20.4 Å². The molecular weight excluding hydrogens is 430 g/mol. The lowest BCUT2D eigenvalue weighted by Gasteiger charge is -2.08. The predicted octanol–water partition coefficient (Wildman–Crippen LogP) is 3.49. The fourth-order valence-electron chi connectivity index (χ4n) is 2.97. The highest BCUT2D eigenvalue weighted by Crippen LogP contribution is 2.18. The number of sulfonamides is 1. The van der Waals surface area contributed by atoms with Crippen molar-refractivity contribution in [2.24, 2.45) is 5.10 Å². The topological polar surface area (TPSA) is 110 Å². The summed E-state index contributed by atoms with van der Waals surface area (Å²) < 4.78 is 36.0. The minimum absolute atomic E-state index is 0.0342. The summed E-state index contributed by atoms with van der Waals surface area (Å²) in [5.41, 5.74) is 0.826. The van der Waals surface area contributed by atoms with E-state index in [1.807, 2.05) is 0 Å². The summed E-state index contributed by atoms with van der Waals surface area (Å²) in [4.78, 5) is 15.2. The minimum Gasteiger partial charge on any atom is -0.497 e. The number of rotatable bonds is 6. The molecule has 2 N–H and O–H groups in total. The molecule has 0 atom stereocenters. The van der Waals surface area contributed by atoms with Crippen molar-refractivity contribution in [3.05, 3.63) is 96.0 Å². The van der Waals surface area contributed by atoms with Crippen molar-refractivity contribution in [1.29, 1.82) is 0 Å². The molecule has 0 saturated carbocycles. The second kappa shape index (κ2) is 8.94. The monoisotopic (exact) mass is 449 g/mol. The molecule has 0 fully saturated rings. The van der Waals surface area contributed by atoms with E-state index in [4.69, 9.17) is 9.15 Å². The van der Waals surface area contributed by atoms with Gasteiger partial charge in [0.05, 0.1) is 12.0 Å². The van der Waals surface area contributed by atoms with Gasteiger partial charge >= 0.3 is 0 Å². The first-order valence-corrected chi connectivity index (χ1v) is 11.0. The molecule has 0 aliphatic rings. The van der Waals surface area contributed by atoms with Crippen LogP contribution in [0.4, 0.5) is 5.69 Å². The van der Waals surface area contributed by atoms with Crippen molar-refractivity contribution in [2.45, 2.75) is 4.90 Å². The lowest BCUT2D eigenvalue weighted by Crippen LogP contribution is -2.27. The lowest BCUT2D eigenvalue weighted by molar-refractivity contribution is 0.102. The van der Waals surface area contributed by atoms with E-state index in [9.17, 15) is 13.2 Å². The number of hydrogen-bond acceptors (Lipinski definition) is 6. The normalized spacial score (nSPS) is 11.8. The van der Waals surface area contributed by atoms with Crippen LogP contribution in [0.1, 0.15) is 10.4 Å². The van der Waals surface area contributed by atoms with Crippen LogP contribution in [0.5, 0.6) is 5.75 Å². The van der Waals surface area contributed by atoms with E-state index in [2.05, 4.69) is 15.2 Å². The number of nitrogens with zero attached hydrogens (tertiary/aromatic N) is 1. The molecule has 0 unspecified atom stereocenters. The molecule has 1 aromatic heterocycles. The van der Waals surface area contributed by atoms with Gasteiger partial charge in [-0.05, 0) is 36.4 Å². The van der Waals surface area contributed by atoms with E-state index in [1.54, 1.807) is 72.8 Å². The number of fused-ring (bicyclic) bond motifs is 1. The van der Waals surface area contributed by atoms with Gasteiger partial charge < -0.3 is 14.5 Å². The van der Waals surface area contributed by atoms with Crippen LogP contribution in [0.15, 0.2) is 99.3 Å². The zero-order valence-electron chi connectivity index (χ0n) is 17.0. The van der Waals surface area contributed by atoms with Gasteiger partial charge in [-0.2, -0.15) is 13.2 Å². The van der Waals surface area contributed by atoms with E-state index < -0.39 is 15.9 Å². The molecule has 0 aliphatic heterocycles. The molecule has 0 aliphatic carbocycles. The van der Waals surface area contributed by atoms with Gasteiger partial charge in [0.2, 0.25) is 5.55 Å². The standard InChI is InChI=1S/C23H19N3O5S/c1-30-18-10-7-9-17(15-18)24-22(27)20-14-16-8-5-6-13-21(16)31-23(20)25-26-32(28,29)19-11-3-2-4-12-19/h2-15,26H,1H3,(H,24,27). The van der Waals surface area contributed by atoms with Crippen molar-refractivity contribution < 1.29 is 22.4 Å². The van der Waals surface area contributed by atoms with Crippen molar-refractivity contribution in [3.8, 4) is 5.75 Å². The molecule has 3 aromatic carbocycles. The number of methoxy groups -OCH3 is 1. The highest BCUT2D eigenvalue weighted by Gasteiger charge is 2.16. The van der Waals surface area contributed by atoms with Crippen molar-refractivity contribution >= 4 is 32.6 Å². The molecule has 4 aromatic rings. The van der Waals surface area contributed by atoms with Gasteiger partial charge in [0.15, 0.2) is 0 Å². The molecule has 1 heterocycles. The second-order valence-electron chi connectivity index (χ2n) is 6.71. The average molecular weight is 449 g/mol. The summed E-state index contributed by atoms with van der Waals surface area (Å²) >= 11 is 0. The molecule has 9 heteroatoms. The van der Waals surface area contributed by atoms with Crippen molar-refractivity contribution in [3.63, 3.8) is 0 Å². The molecule has 4 rings (SSSR count). The van der Waals surface area contributed by atoms with Gasteiger partial charge in [-0.1, -0.05) is 42.5 Å². The summed E-state index contributed by atoms with van der Waals surface area (Å²) in [6.45, 7) is 0. The Balaban J connectivity index is 1.75. The number of nitrogens with one attached hydrogen (secondary N) is 2. The maximum atomic E-state index is 13.0. The molecule has 0 spiro atoms. The Hall–Kier alpha value is -4.11. The highest BCUT2D eigenvalue weighted by molar-refractivity contribution is 7.89. The summed E-state index contributed by atoms with van der Waals surface area (Å²) in [7, 11) is -2.42. The summed E-state index contributed by atoms with van der Waals surface area (Å²) in [6.07, 6.45) is 0. The first kappa shape index (κ1) is 21.1. The van der Waals surface area contributed by atoms with Crippen LogP contribution >= 0.6 is 0 Å². The van der Waals surface area contributed by atoms with Crippen molar-refractivity contribution in [2.75, 3.05) is 12.4 Å². The van der Waals surface area contributed by atoms with E-state index in [0.29, 0.717) is 22.4 Å². The number of ether oxygens (including phenoxy) is 1. The van der Waals surface area contributed by atoms with Crippen LogP contribution in [0, 0.1) is 0 Å². The highest BCUT2D eigenvalue weighted by atomic mass is 32.2. The lowest BCUT2D eigenvalue weighted by atomic mass is 10.1. The number of amides is 1. The van der Waals surface area contributed by atoms with Crippen LogP contribution in [-0.4, -0.2) is 21.4 Å². The van der Waals surface area contributed by atoms with Gasteiger partial charge in [0, 0.05) is 17.1 Å². The third kappa shape index (κ3) is 4.62. The number of carbonyl (C=O) groups is 1. The number of para-hydroxylation sites is 1. The van der Waals surface area contributed by atoms with Crippen LogP contribution in [0.25, 0.3) is 11.0 Å². The Bertz CT molecular complexity index is 1450. The molecule has 8 nitrogen and oxygen atoms in total. The average Bonchev–Trinajstić information content (AvgIpc) is 2.83. The van der Waals surface area contributed by atoms with E-state index in [-0.39, 0.29) is 16.0 Å². The Labute approximate surface area is 184 Å². The van der Waals surface area contributed by atoms with Gasteiger partial charge in [-0.3, -0.25) is 4.79 Å². The van der Waals surface area contributed by atoms with E-state index >= 15 is 0 Å². The third-order valence-electron chi connectivity index (χ3n) is 4.55. The molecular formula is C23H19N3O5S. The van der Waals surface area contributed by atoms with Crippen molar-refractivity contribution in [1.82, 2.24) is 4.83 Å². The maximum Gasteiger partial charge on any atom is 0.276 e. The first-order valence-electron chi connectivity index (χ1n) is 9.55. The minimum atomic E-state index is -3.95. The Morgan fingerprint density at radius 3 is 2.47 bits per heavy atom. The van der Waals surface area contributed by atoms with Crippen LogP contribution in [-0.2, 0) is 10.0 Å². The Kier molecular flexibility index (Phi) is 5.91. The van der Waals surface area contributed by atoms with Gasteiger partial charge in [-0.15, -0.1) is 5.10 Å². The van der Waals surface area contributed by atoms with Gasteiger partial charge in [0.25, 0.3) is 15.9 Å². The number of hydrogen-bond donors (Lipinski definition) is 2. The quantitative estimate of drug-likeness (QED) is 0.438. The number of carbonyl (C=O) groups excluding carboxylic acids is 1. The maximum absolute atomic E-state index is 13.0. The number of benzene rings is 3. The molecule has 0 radical (unpaired) electrons. The largest absolute Gasteiger partial charge is 0.497 e. The third-order valence-corrected chi connectivity index (χ3v) is 5.77. The zero-order valence-corrected chi connectivity index (χ0v) is 17.8. The molecule has 0 bridgehead atoms. The second-order valence-corrected chi connectivity index (χ2v) is 8.37. The SMILES string of the molecule is COc1cccc(NC(=O)c2cc3ccccc3oc2=NNS(=O)(=O)c2ccccc2)c1. The zero-order chi connectivity index (χ0) is 22.6. The van der Waals surface area contributed by atoms with Crippen LogP contribution in [0.2, 0.25) is 0 Å². The van der Waals surface area contributed by atoms with E-state index in [0.717, 1.165) is 0 Å². The molecule has 1 amide bonds. The summed E-state index contributed by atoms with van der Waals surface area (Å²) in [5, 5.41) is 7.32. The number of anilines is 1. The smallest absolute Gasteiger partial charge is 0.276 e. The fourth-order valence-corrected chi connectivity index (χ4v) is 3.79. The van der Waals surface area contributed by atoms with Crippen LogP contribution in [0.3, 0.4) is 0 Å². The Morgan fingerprint density at radius 2 is 1.69 bits per heavy atom. The predicted molar refractivity (Wildman–Crippen MR) is 119 cm³/mol. The fraction of sp³-hybridized carbons (Fsp3) is 0.0435. The molecule has 32 heavy (non-hydrogen) atoms.